The maximum atomic E-state index is 12.4. The lowest BCUT2D eigenvalue weighted by molar-refractivity contribution is -0.116. The van der Waals surface area contributed by atoms with Gasteiger partial charge in [0.25, 0.3) is 5.91 Å². The molecule has 1 N–H and O–H groups in total. The van der Waals surface area contributed by atoms with E-state index in [1.165, 1.54) is 7.11 Å². The summed E-state index contributed by atoms with van der Waals surface area (Å²) in [6.45, 7) is 6.49. The molecule has 26 heavy (non-hydrogen) atoms. The van der Waals surface area contributed by atoms with E-state index >= 15 is 0 Å². The molecule has 0 saturated carbocycles. The van der Waals surface area contributed by atoms with Crippen molar-refractivity contribution in [3.05, 3.63) is 59.7 Å². The Morgan fingerprint density at radius 1 is 1.08 bits per heavy atom. The van der Waals surface area contributed by atoms with E-state index < -0.39 is 0 Å². The molecule has 2 aromatic rings. The first-order valence-electron chi connectivity index (χ1n) is 8.74. The predicted molar refractivity (Wildman–Crippen MR) is 104 cm³/mol. The van der Waals surface area contributed by atoms with Gasteiger partial charge in [-0.15, -0.1) is 0 Å². The number of hydrogen-bond donors (Lipinski definition) is 1. The van der Waals surface area contributed by atoms with Crippen molar-refractivity contribution in [1.29, 1.82) is 0 Å². The van der Waals surface area contributed by atoms with Crippen molar-refractivity contribution in [2.45, 2.75) is 26.7 Å². The fourth-order valence-electron chi connectivity index (χ4n) is 2.88. The van der Waals surface area contributed by atoms with Crippen molar-refractivity contribution in [2.75, 3.05) is 25.1 Å². The van der Waals surface area contributed by atoms with Crippen LogP contribution in [0.1, 0.15) is 42.6 Å². The zero-order valence-corrected chi connectivity index (χ0v) is 15.8. The van der Waals surface area contributed by atoms with Crippen molar-refractivity contribution >= 4 is 17.5 Å². The molecule has 0 spiro atoms. The monoisotopic (exact) mass is 354 g/mol. The van der Waals surface area contributed by atoms with Gasteiger partial charge < -0.3 is 15.0 Å². The number of para-hydroxylation sites is 2. The molecule has 5 heteroatoms. The van der Waals surface area contributed by atoms with Crippen LogP contribution in [0.5, 0.6) is 5.75 Å². The highest BCUT2D eigenvalue weighted by atomic mass is 16.5. The van der Waals surface area contributed by atoms with Gasteiger partial charge in [-0.25, -0.2) is 0 Å². The van der Waals surface area contributed by atoms with Gasteiger partial charge in [-0.1, -0.05) is 44.2 Å². The maximum Gasteiger partial charge on any atom is 0.255 e. The molecule has 2 aromatic carbocycles. The zero-order chi connectivity index (χ0) is 19.1. The summed E-state index contributed by atoms with van der Waals surface area (Å²) in [7, 11) is 1.53. The maximum absolute atomic E-state index is 12.4. The van der Waals surface area contributed by atoms with Gasteiger partial charge in [0, 0.05) is 25.7 Å². The summed E-state index contributed by atoms with van der Waals surface area (Å²) in [5, 5.41) is 2.86. The Balaban J connectivity index is 2.08. The van der Waals surface area contributed by atoms with Crippen molar-refractivity contribution in [3.63, 3.8) is 0 Å². The van der Waals surface area contributed by atoms with E-state index in [1.54, 1.807) is 30.0 Å². The molecular weight excluding hydrogens is 328 g/mol. The van der Waals surface area contributed by atoms with Crippen molar-refractivity contribution in [2.24, 2.45) is 0 Å². The molecule has 2 amide bonds. The Morgan fingerprint density at radius 2 is 1.73 bits per heavy atom. The smallest absolute Gasteiger partial charge is 0.255 e. The molecule has 5 nitrogen and oxygen atoms in total. The van der Waals surface area contributed by atoms with E-state index in [0.29, 0.717) is 30.3 Å². The molecule has 0 heterocycles. The summed E-state index contributed by atoms with van der Waals surface area (Å²) >= 11 is 0. The number of methoxy groups -OCH3 is 1. The molecular formula is C21H26N2O3. The number of rotatable bonds is 7. The van der Waals surface area contributed by atoms with Crippen LogP contribution in [0.3, 0.4) is 0 Å². The molecule has 138 valence electrons. The normalized spacial score (nSPS) is 10.5. The molecule has 0 aromatic heterocycles. The van der Waals surface area contributed by atoms with Gasteiger partial charge in [-0.05, 0) is 29.7 Å². The first kappa shape index (κ1) is 19.5. The average Bonchev–Trinajstić information content (AvgIpc) is 2.64. The first-order valence-corrected chi connectivity index (χ1v) is 8.74. The largest absolute Gasteiger partial charge is 0.496 e. The van der Waals surface area contributed by atoms with Gasteiger partial charge in [0.1, 0.15) is 5.75 Å². The zero-order valence-electron chi connectivity index (χ0n) is 15.8. The highest BCUT2D eigenvalue weighted by Crippen LogP contribution is 2.27. The van der Waals surface area contributed by atoms with E-state index in [1.807, 2.05) is 30.3 Å². The van der Waals surface area contributed by atoms with Gasteiger partial charge in [0.15, 0.2) is 0 Å². The number of hydrogen-bond acceptors (Lipinski definition) is 3. The Kier molecular flexibility index (Phi) is 6.78. The lowest BCUT2D eigenvalue weighted by Crippen LogP contribution is -2.38. The van der Waals surface area contributed by atoms with Crippen molar-refractivity contribution < 1.29 is 14.3 Å². The quantitative estimate of drug-likeness (QED) is 0.826. The molecule has 0 saturated heterocycles. The minimum atomic E-state index is -0.219. The minimum absolute atomic E-state index is 0.0513. The third-order valence-electron chi connectivity index (χ3n) is 4.20. The first-order chi connectivity index (χ1) is 12.5. The fraction of sp³-hybridized carbons (Fsp3) is 0.333. The predicted octanol–water partition coefficient (Wildman–Crippen LogP) is 3.60. The Morgan fingerprint density at radius 3 is 2.38 bits per heavy atom. The van der Waals surface area contributed by atoms with Crippen LogP contribution in [-0.4, -0.2) is 32.0 Å². The van der Waals surface area contributed by atoms with Crippen LogP contribution in [0, 0.1) is 0 Å². The van der Waals surface area contributed by atoms with Crippen LogP contribution in [-0.2, 0) is 4.79 Å². The van der Waals surface area contributed by atoms with E-state index in [0.717, 1.165) is 11.3 Å². The molecule has 0 atom stereocenters. The Hall–Kier alpha value is -2.82. The second-order valence-electron chi connectivity index (χ2n) is 6.34. The standard InChI is InChI=1S/C21H26N2O3/c1-15(2)17-9-5-7-11-19(17)23(16(3)24)14-13-22-21(25)18-10-6-8-12-20(18)26-4/h5-12,15H,13-14H2,1-4H3,(H,22,25). The topological polar surface area (TPSA) is 58.6 Å². The van der Waals surface area contributed by atoms with Crippen LogP contribution in [0.25, 0.3) is 0 Å². The van der Waals surface area contributed by atoms with Crippen LogP contribution in [0.2, 0.25) is 0 Å². The van der Waals surface area contributed by atoms with Crippen molar-refractivity contribution in [1.82, 2.24) is 5.32 Å². The van der Waals surface area contributed by atoms with Gasteiger partial charge in [0.2, 0.25) is 5.91 Å². The summed E-state index contributed by atoms with van der Waals surface area (Å²) in [4.78, 5) is 26.3. The summed E-state index contributed by atoms with van der Waals surface area (Å²) in [6.07, 6.45) is 0. The number of nitrogens with zero attached hydrogens (tertiary/aromatic N) is 1. The van der Waals surface area contributed by atoms with Crippen molar-refractivity contribution in [3.8, 4) is 5.75 Å². The van der Waals surface area contributed by atoms with Gasteiger partial charge in [-0.2, -0.15) is 0 Å². The van der Waals surface area contributed by atoms with Gasteiger partial charge >= 0.3 is 0 Å². The van der Waals surface area contributed by atoms with E-state index in [9.17, 15) is 9.59 Å². The van der Waals surface area contributed by atoms with E-state index in [2.05, 4.69) is 19.2 Å². The highest BCUT2D eigenvalue weighted by molar-refractivity contribution is 5.97. The molecule has 0 bridgehead atoms. The molecule has 0 aliphatic heterocycles. The SMILES string of the molecule is COc1ccccc1C(=O)NCCN(C(C)=O)c1ccccc1C(C)C. The number of amides is 2. The molecule has 0 unspecified atom stereocenters. The fourth-order valence-corrected chi connectivity index (χ4v) is 2.88. The lowest BCUT2D eigenvalue weighted by Gasteiger charge is -2.25. The Labute approximate surface area is 155 Å². The second kappa shape index (κ2) is 9.04. The third-order valence-corrected chi connectivity index (χ3v) is 4.20. The number of nitrogens with one attached hydrogen (secondary N) is 1. The van der Waals surface area contributed by atoms with Crippen LogP contribution in [0.15, 0.2) is 48.5 Å². The average molecular weight is 354 g/mol. The lowest BCUT2D eigenvalue weighted by atomic mass is 10.0. The van der Waals surface area contributed by atoms with Crippen LogP contribution >= 0.6 is 0 Å². The molecule has 0 fully saturated rings. The van der Waals surface area contributed by atoms with Gasteiger partial charge in [-0.3, -0.25) is 9.59 Å². The molecule has 0 aliphatic carbocycles. The third kappa shape index (κ3) is 4.63. The summed E-state index contributed by atoms with van der Waals surface area (Å²) in [5.41, 5.74) is 2.48. The molecule has 2 rings (SSSR count). The number of ether oxygens (including phenoxy) is 1. The Bertz CT molecular complexity index is 771. The number of anilines is 1. The second-order valence-corrected chi connectivity index (χ2v) is 6.34. The minimum Gasteiger partial charge on any atom is -0.496 e. The summed E-state index contributed by atoms with van der Waals surface area (Å²) < 4.78 is 5.22. The number of carbonyl (C=O) groups excluding carboxylic acids is 2. The number of benzene rings is 2. The van der Waals surface area contributed by atoms with Gasteiger partial charge in [0.05, 0.1) is 12.7 Å². The molecule has 0 radical (unpaired) electrons. The van der Waals surface area contributed by atoms with Crippen LogP contribution in [0.4, 0.5) is 5.69 Å². The molecule has 0 aliphatic rings. The number of carbonyl (C=O) groups is 2. The van der Waals surface area contributed by atoms with Crippen LogP contribution < -0.4 is 15.0 Å². The summed E-state index contributed by atoms with van der Waals surface area (Å²) in [5.74, 6) is 0.558. The van der Waals surface area contributed by atoms with E-state index in [-0.39, 0.29) is 11.8 Å². The summed E-state index contributed by atoms with van der Waals surface area (Å²) in [6, 6.07) is 14.9. The highest BCUT2D eigenvalue weighted by Gasteiger charge is 2.17. The van der Waals surface area contributed by atoms with E-state index in [4.69, 9.17) is 4.74 Å².